The Labute approximate surface area is 201 Å². The van der Waals surface area contributed by atoms with Crippen LogP contribution in [0, 0.1) is 6.92 Å². The zero-order valence-electron chi connectivity index (χ0n) is 19.4. The van der Waals surface area contributed by atoms with Gasteiger partial charge >= 0.3 is 18.0 Å². The van der Waals surface area contributed by atoms with Crippen molar-refractivity contribution in [1.82, 2.24) is 18.7 Å². The van der Waals surface area contributed by atoms with E-state index < -0.39 is 41.4 Å². The number of rotatable bonds is 5. The summed E-state index contributed by atoms with van der Waals surface area (Å²) < 4.78 is 48.3. The highest BCUT2D eigenvalue weighted by Gasteiger charge is 2.33. The molecule has 0 atom stereocenters. The van der Waals surface area contributed by atoms with Gasteiger partial charge in [-0.25, -0.2) is 14.6 Å². The van der Waals surface area contributed by atoms with E-state index in [1.807, 2.05) is 18.4 Å². The number of hydrogen-bond donors (Lipinski definition) is 1. The number of carboxylic acid groups (broad SMARTS) is 1. The van der Waals surface area contributed by atoms with Gasteiger partial charge in [-0.1, -0.05) is 12.1 Å². The minimum atomic E-state index is -4.63. The summed E-state index contributed by atoms with van der Waals surface area (Å²) in [6.07, 6.45) is -3.84. The van der Waals surface area contributed by atoms with Gasteiger partial charge < -0.3 is 14.4 Å². The van der Waals surface area contributed by atoms with Crippen molar-refractivity contribution in [3.63, 3.8) is 0 Å². The highest BCUT2D eigenvalue weighted by molar-refractivity contribution is 5.78. The zero-order valence-corrected chi connectivity index (χ0v) is 19.4. The van der Waals surface area contributed by atoms with Crippen molar-refractivity contribution in [2.24, 2.45) is 0 Å². The molecule has 0 spiro atoms. The number of nitrogens with zero attached hydrogens (tertiary/aromatic N) is 4. The molecule has 188 valence electrons. The van der Waals surface area contributed by atoms with Gasteiger partial charge in [-0.2, -0.15) is 13.2 Å². The van der Waals surface area contributed by atoms with Gasteiger partial charge in [-0.05, 0) is 56.2 Å². The van der Waals surface area contributed by atoms with Gasteiger partial charge in [0.2, 0.25) is 5.75 Å². The molecule has 0 aliphatic heterocycles. The molecule has 0 radical (unpaired) electrons. The van der Waals surface area contributed by atoms with E-state index in [0.29, 0.717) is 10.1 Å². The highest BCUT2D eigenvalue weighted by Crippen LogP contribution is 2.33. The van der Waals surface area contributed by atoms with E-state index >= 15 is 0 Å². The van der Waals surface area contributed by atoms with Crippen LogP contribution >= 0.6 is 0 Å². The van der Waals surface area contributed by atoms with Gasteiger partial charge in [-0.15, -0.1) is 0 Å². The van der Waals surface area contributed by atoms with Crippen molar-refractivity contribution >= 4 is 17.2 Å². The van der Waals surface area contributed by atoms with Crippen molar-refractivity contribution in [1.29, 1.82) is 0 Å². The Morgan fingerprint density at radius 1 is 1.17 bits per heavy atom. The van der Waals surface area contributed by atoms with Crippen molar-refractivity contribution in [3.05, 3.63) is 86.5 Å². The molecule has 0 saturated heterocycles. The molecule has 2 aromatic heterocycles. The smallest absolute Gasteiger partial charge is 0.449 e. The lowest BCUT2D eigenvalue weighted by molar-refractivity contribution is -0.138. The molecule has 2 heterocycles. The summed E-state index contributed by atoms with van der Waals surface area (Å²) in [5.41, 5.74) is -1.40. The van der Waals surface area contributed by atoms with Crippen molar-refractivity contribution in [2.75, 3.05) is 0 Å². The molecule has 0 saturated carbocycles. The van der Waals surface area contributed by atoms with Crippen molar-refractivity contribution in [2.45, 2.75) is 39.5 Å². The van der Waals surface area contributed by atoms with Gasteiger partial charge in [-0.3, -0.25) is 13.9 Å². The quantitative estimate of drug-likeness (QED) is 0.406. The predicted molar refractivity (Wildman–Crippen MR) is 124 cm³/mol. The predicted octanol–water partition coefficient (Wildman–Crippen LogP) is 4.36. The van der Waals surface area contributed by atoms with E-state index in [4.69, 9.17) is 5.11 Å². The molecule has 1 N–H and O–H groups in total. The summed E-state index contributed by atoms with van der Waals surface area (Å²) in [5.74, 6) is -0.681. The summed E-state index contributed by atoms with van der Waals surface area (Å²) in [7, 11) is 0. The van der Waals surface area contributed by atoms with Gasteiger partial charge in [0, 0.05) is 6.04 Å². The summed E-state index contributed by atoms with van der Waals surface area (Å²) in [4.78, 5) is 41.8. The minimum absolute atomic E-state index is 0.0641. The zero-order chi connectivity index (χ0) is 26.4. The Balaban J connectivity index is 1.90. The Hall–Kier alpha value is -4.35. The second-order valence-corrected chi connectivity index (χ2v) is 8.41. The number of hydrogen-bond acceptors (Lipinski definition) is 5. The molecule has 0 amide bonds. The fourth-order valence-corrected chi connectivity index (χ4v) is 3.98. The van der Waals surface area contributed by atoms with Crippen molar-refractivity contribution < 1.29 is 27.8 Å². The monoisotopic (exact) mass is 502 g/mol. The van der Waals surface area contributed by atoms with Gasteiger partial charge in [0.15, 0.2) is 0 Å². The Kier molecular flexibility index (Phi) is 6.21. The van der Waals surface area contributed by atoms with Crippen LogP contribution in [0.5, 0.6) is 5.75 Å². The first-order valence-electron chi connectivity index (χ1n) is 10.8. The van der Waals surface area contributed by atoms with Gasteiger partial charge in [0.1, 0.15) is 0 Å². The molecule has 12 heteroatoms. The van der Waals surface area contributed by atoms with E-state index in [0.717, 1.165) is 22.3 Å². The second-order valence-electron chi connectivity index (χ2n) is 8.41. The summed E-state index contributed by atoms with van der Waals surface area (Å²) in [5, 5.41) is 9.07. The molecule has 4 rings (SSSR count). The maximum atomic E-state index is 13.4. The number of carbonyl (C=O) groups is 1. The fourth-order valence-electron chi connectivity index (χ4n) is 3.98. The third kappa shape index (κ3) is 4.49. The molecule has 9 nitrogen and oxygen atoms in total. The topological polar surface area (TPSA) is 108 Å². The average molecular weight is 502 g/mol. The first-order chi connectivity index (χ1) is 16.9. The summed E-state index contributed by atoms with van der Waals surface area (Å²) >= 11 is 0. The van der Waals surface area contributed by atoms with Crippen LogP contribution in [-0.2, 0) is 12.7 Å². The van der Waals surface area contributed by atoms with Crippen LogP contribution < -0.4 is 16.0 Å². The third-order valence-electron chi connectivity index (χ3n) is 5.81. The molecule has 0 aliphatic carbocycles. The molecule has 2 aromatic carbocycles. The number of ether oxygens (including phenoxy) is 1. The molecule has 36 heavy (non-hydrogen) atoms. The van der Waals surface area contributed by atoms with Crippen molar-refractivity contribution in [3.8, 4) is 11.4 Å². The molecule has 0 aliphatic rings. The van der Waals surface area contributed by atoms with E-state index in [1.54, 1.807) is 24.5 Å². The standard InChI is InChI=1S/C24H21F3N4O5/c1-13(2)31-12-28-18-9-16(7-8-19(18)31)29-11-20(36-23(34)35)21(32)30(22(29)33)10-15-5-4-6-17(14(15)3)24(25,26)27/h4-9,11-13H,10H2,1-3H3,(H,34,35). The lowest BCUT2D eigenvalue weighted by Gasteiger charge is -2.16. The molecular weight excluding hydrogens is 481 g/mol. The van der Waals surface area contributed by atoms with Crippen LogP contribution in [0.4, 0.5) is 18.0 Å². The lowest BCUT2D eigenvalue weighted by atomic mass is 10.0. The first kappa shape index (κ1) is 24.8. The molecule has 0 bridgehead atoms. The number of halogens is 3. The fraction of sp³-hybridized carbons (Fsp3) is 0.250. The maximum Gasteiger partial charge on any atom is 0.511 e. The first-order valence-corrected chi connectivity index (χ1v) is 10.8. The summed E-state index contributed by atoms with van der Waals surface area (Å²) in [6.45, 7) is 4.65. The number of imidazole rings is 1. The third-order valence-corrected chi connectivity index (χ3v) is 5.81. The lowest BCUT2D eigenvalue weighted by Crippen LogP contribution is -2.40. The maximum absolute atomic E-state index is 13.4. The molecule has 0 unspecified atom stereocenters. The van der Waals surface area contributed by atoms with E-state index in [-0.39, 0.29) is 22.9 Å². The summed E-state index contributed by atoms with van der Waals surface area (Å²) in [6, 6.07) is 8.42. The van der Waals surface area contributed by atoms with Crippen LogP contribution in [0.2, 0.25) is 0 Å². The number of aromatic nitrogens is 4. The van der Waals surface area contributed by atoms with E-state index in [2.05, 4.69) is 9.72 Å². The number of alkyl halides is 3. The normalized spacial score (nSPS) is 11.9. The molecule has 4 aromatic rings. The van der Waals surface area contributed by atoms with Crippen LogP contribution in [0.15, 0.2) is 58.5 Å². The van der Waals surface area contributed by atoms with Gasteiger partial charge in [0.25, 0.3) is 5.56 Å². The minimum Gasteiger partial charge on any atom is -0.449 e. The van der Waals surface area contributed by atoms with Crippen LogP contribution in [0.3, 0.4) is 0 Å². The highest BCUT2D eigenvalue weighted by atomic mass is 19.4. The Morgan fingerprint density at radius 3 is 2.53 bits per heavy atom. The van der Waals surface area contributed by atoms with E-state index in [9.17, 15) is 27.6 Å². The van der Waals surface area contributed by atoms with E-state index in [1.165, 1.54) is 19.1 Å². The van der Waals surface area contributed by atoms with Crippen LogP contribution in [0.25, 0.3) is 16.7 Å². The number of fused-ring (bicyclic) bond motifs is 1. The van der Waals surface area contributed by atoms with Crippen LogP contribution in [-0.4, -0.2) is 29.9 Å². The average Bonchev–Trinajstić information content (AvgIpc) is 3.22. The Morgan fingerprint density at radius 2 is 1.89 bits per heavy atom. The second kappa shape index (κ2) is 9.02. The van der Waals surface area contributed by atoms with Gasteiger partial charge in [0.05, 0.1) is 41.4 Å². The largest absolute Gasteiger partial charge is 0.511 e. The van der Waals surface area contributed by atoms with Crippen LogP contribution in [0.1, 0.15) is 36.6 Å². The molecular formula is C24H21F3N4O5. The SMILES string of the molecule is Cc1c(Cn2c(=O)c(OC(=O)O)cn(-c3ccc4c(c3)ncn4C(C)C)c2=O)cccc1C(F)(F)F. The molecule has 0 fully saturated rings. The Bertz CT molecular complexity index is 1600. The number of benzene rings is 2.